The van der Waals surface area contributed by atoms with E-state index in [4.69, 9.17) is 9.47 Å². The Bertz CT molecular complexity index is 774. The fraction of sp³-hybridized carbons (Fsp3) is 0.133. The second kappa shape index (κ2) is 8.93. The summed E-state index contributed by atoms with van der Waals surface area (Å²) in [5, 5.41) is 0. The predicted octanol–water partition coefficient (Wildman–Crippen LogP) is -0.381. The summed E-state index contributed by atoms with van der Waals surface area (Å²) in [6, 6.07) is 12.5. The molecular weight excluding hydrogens is 347 g/mol. The minimum atomic E-state index is -4.54. The predicted molar refractivity (Wildman–Crippen MR) is 76.4 cm³/mol. The number of aryl methyl sites for hydroxylation is 1. The van der Waals surface area contributed by atoms with Gasteiger partial charge < -0.3 is 14.0 Å². The Kier molecular flexibility index (Phi) is 7.88. The van der Waals surface area contributed by atoms with Gasteiger partial charge in [-0.3, -0.25) is 0 Å². The molecule has 0 saturated heterocycles. The summed E-state index contributed by atoms with van der Waals surface area (Å²) in [6.07, 6.45) is -0.912. The average molecular weight is 360 g/mol. The second-order valence-electron chi connectivity index (χ2n) is 4.51. The van der Waals surface area contributed by atoms with Crippen molar-refractivity contribution >= 4 is 16.3 Å². The van der Waals surface area contributed by atoms with Crippen LogP contribution in [-0.4, -0.2) is 19.1 Å². The van der Waals surface area contributed by atoms with Crippen molar-refractivity contribution in [2.45, 2.75) is 18.4 Å². The molecule has 0 saturated carbocycles. The first kappa shape index (κ1) is 20.3. The average Bonchev–Trinajstić information content (AvgIpc) is 2.47. The minimum Gasteiger partial charge on any atom is -0.744 e. The number of carbonyl (C=O) groups is 1. The molecule has 0 heterocycles. The third-order valence-electron chi connectivity index (χ3n) is 2.83. The van der Waals surface area contributed by atoms with Crippen LogP contribution in [0.3, 0.4) is 0 Å². The topological polar surface area (TPSA) is 92.7 Å². The second-order valence-corrected chi connectivity index (χ2v) is 5.89. The van der Waals surface area contributed by atoms with E-state index < -0.39 is 16.3 Å². The molecule has 0 bridgehead atoms. The van der Waals surface area contributed by atoms with Crippen molar-refractivity contribution in [1.29, 1.82) is 0 Å². The van der Waals surface area contributed by atoms with Crippen LogP contribution in [0.4, 0.5) is 4.79 Å². The van der Waals surface area contributed by atoms with Crippen LogP contribution >= 0.6 is 0 Å². The zero-order valence-corrected chi connectivity index (χ0v) is 16.6. The summed E-state index contributed by atoms with van der Waals surface area (Å²) in [6.45, 7) is 1.58. The Balaban J connectivity index is 0.00000264. The molecule has 0 aliphatic carbocycles. The molecule has 0 spiro atoms. The SMILES string of the molecule is Cc1cc(S(=O)(=O)[O-])ccc1OC(=O)OCc1ccccc1.[K+]. The molecule has 0 aromatic heterocycles. The van der Waals surface area contributed by atoms with Gasteiger partial charge in [-0.05, 0) is 36.2 Å². The van der Waals surface area contributed by atoms with Crippen molar-refractivity contribution in [1.82, 2.24) is 0 Å². The summed E-state index contributed by atoms with van der Waals surface area (Å²) >= 11 is 0. The first-order valence-electron chi connectivity index (χ1n) is 6.31. The molecule has 2 aromatic rings. The van der Waals surface area contributed by atoms with Crippen LogP contribution in [0.2, 0.25) is 0 Å². The van der Waals surface area contributed by atoms with Gasteiger partial charge in [-0.15, -0.1) is 0 Å². The molecule has 6 nitrogen and oxygen atoms in total. The van der Waals surface area contributed by atoms with Gasteiger partial charge in [-0.1, -0.05) is 30.3 Å². The fourth-order valence-corrected chi connectivity index (χ4v) is 2.28. The van der Waals surface area contributed by atoms with Gasteiger partial charge in [0, 0.05) is 0 Å². The van der Waals surface area contributed by atoms with Gasteiger partial charge in [-0.25, -0.2) is 13.2 Å². The van der Waals surface area contributed by atoms with E-state index in [-0.39, 0.29) is 68.6 Å². The van der Waals surface area contributed by atoms with Gasteiger partial charge in [0.25, 0.3) is 0 Å². The van der Waals surface area contributed by atoms with Gasteiger partial charge in [0.15, 0.2) is 0 Å². The zero-order valence-electron chi connectivity index (χ0n) is 12.7. The number of benzene rings is 2. The van der Waals surface area contributed by atoms with Crippen LogP contribution in [0, 0.1) is 6.92 Å². The van der Waals surface area contributed by atoms with Crippen molar-refractivity contribution in [2.24, 2.45) is 0 Å². The summed E-state index contributed by atoms with van der Waals surface area (Å²) in [5.41, 5.74) is 1.15. The normalized spacial score (nSPS) is 10.5. The first-order valence-corrected chi connectivity index (χ1v) is 7.72. The summed E-state index contributed by atoms with van der Waals surface area (Å²) in [5.74, 6) is 0.130. The summed E-state index contributed by atoms with van der Waals surface area (Å²) < 4.78 is 42.6. The number of hydrogen-bond acceptors (Lipinski definition) is 6. The number of rotatable bonds is 4. The Morgan fingerprint density at radius 1 is 1.13 bits per heavy atom. The van der Waals surface area contributed by atoms with E-state index in [1.165, 1.54) is 13.0 Å². The van der Waals surface area contributed by atoms with Gasteiger partial charge in [0.05, 0.1) is 4.90 Å². The van der Waals surface area contributed by atoms with Crippen molar-refractivity contribution in [2.75, 3.05) is 0 Å². The first-order chi connectivity index (χ1) is 10.4. The van der Waals surface area contributed by atoms with Crippen LogP contribution in [-0.2, 0) is 21.5 Å². The van der Waals surface area contributed by atoms with E-state index in [1.54, 1.807) is 12.1 Å². The molecule has 0 aliphatic rings. The monoisotopic (exact) mass is 360 g/mol. The summed E-state index contributed by atoms with van der Waals surface area (Å²) in [4.78, 5) is 11.2. The summed E-state index contributed by atoms with van der Waals surface area (Å²) in [7, 11) is -4.54. The molecule has 0 aliphatic heterocycles. The van der Waals surface area contributed by atoms with E-state index in [1.807, 2.05) is 18.2 Å². The molecule has 2 rings (SSSR count). The molecule has 0 radical (unpaired) electrons. The van der Waals surface area contributed by atoms with Gasteiger partial charge in [-0.2, -0.15) is 0 Å². The van der Waals surface area contributed by atoms with Gasteiger partial charge in [0.1, 0.15) is 22.5 Å². The molecule has 116 valence electrons. The van der Waals surface area contributed by atoms with E-state index >= 15 is 0 Å². The van der Waals surface area contributed by atoms with Crippen LogP contribution in [0.1, 0.15) is 11.1 Å². The Morgan fingerprint density at radius 3 is 2.35 bits per heavy atom. The van der Waals surface area contributed by atoms with E-state index in [9.17, 15) is 17.8 Å². The molecular formula is C15H13KO6S. The van der Waals surface area contributed by atoms with Crippen LogP contribution in [0.5, 0.6) is 5.75 Å². The van der Waals surface area contributed by atoms with Crippen LogP contribution in [0.25, 0.3) is 0 Å². The van der Waals surface area contributed by atoms with Gasteiger partial charge in [0.2, 0.25) is 0 Å². The van der Waals surface area contributed by atoms with Crippen molar-refractivity contribution in [3.05, 3.63) is 59.7 Å². The number of carbonyl (C=O) groups excluding carboxylic acids is 1. The maximum absolute atomic E-state index is 11.6. The van der Waals surface area contributed by atoms with Gasteiger partial charge >= 0.3 is 57.5 Å². The Morgan fingerprint density at radius 2 is 1.78 bits per heavy atom. The van der Waals surface area contributed by atoms with E-state index in [0.717, 1.165) is 17.7 Å². The molecule has 0 atom stereocenters. The van der Waals surface area contributed by atoms with Crippen molar-refractivity contribution in [3.63, 3.8) is 0 Å². The molecule has 8 heteroatoms. The van der Waals surface area contributed by atoms with Crippen LogP contribution < -0.4 is 56.1 Å². The van der Waals surface area contributed by atoms with Crippen molar-refractivity contribution in [3.8, 4) is 5.75 Å². The number of ether oxygens (including phenoxy) is 2. The Labute approximate surface area is 177 Å². The van der Waals surface area contributed by atoms with E-state index in [2.05, 4.69) is 0 Å². The third-order valence-corrected chi connectivity index (χ3v) is 3.66. The molecule has 0 amide bonds. The Hall–Kier alpha value is -0.744. The molecule has 0 fully saturated rings. The fourth-order valence-electron chi connectivity index (χ4n) is 1.73. The molecule has 0 unspecified atom stereocenters. The maximum atomic E-state index is 11.6. The smallest absolute Gasteiger partial charge is 0.744 e. The molecule has 23 heavy (non-hydrogen) atoms. The number of hydrogen-bond donors (Lipinski definition) is 0. The molecule has 2 aromatic carbocycles. The minimum absolute atomic E-state index is 0. The quantitative estimate of drug-likeness (QED) is 0.319. The molecule has 0 N–H and O–H groups in total. The maximum Gasteiger partial charge on any atom is 1.00 e. The van der Waals surface area contributed by atoms with E-state index in [0.29, 0.717) is 5.56 Å². The largest absolute Gasteiger partial charge is 1.00 e. The zero-order chi connectivity index (χ0) is 16.2. The standard InChI is InChI=1S/C15H14O6S.K/c1-11-9-13(22(17,18)19)7-8-14(11)21-15(16)20-10-12-5-3-2-4-6-12;/h2-9H,10H2,1H3,(H,17,18,19);/q;+1/p-1. The van der Waals surface area contributed by atoms with Crippen LogP contribution in [0.15, 0.2) is 53.4 Å². The van der Waals surface area contributed by atoms with Crippen molar-refractivity contribution < 1.29 is 78.6 Å². The third kappa shape index (κ3) is 6.34.